The number of hydrogen-bond acceptors (Lipinski definition) is 4. The maximum absolute atomic E-state index is 6.25. The highest BCUT2D eigenvalue weighted by Gasteiger charge is 2.07. The van der Waals surface area contributed by atoms with E-state index in [1.165, 1.54) is 0 Å². The third kappa shape index (κ3) is 2.64. The molecule has 1 aromatic carbocycles. The normalized spacial score (nSPS) is 11.2. The zero-order chi connectivity index (χ0) is 15.8. The average Bonchev–Trinajstić information content (AvgIpc) is 3.05. The van der Waals surface area contributed by atoms with Crippen molar-refractivity contribution in [1.82, 2.24) is 19.6 Å². The second kappa shape index (κ2) is 5.79. The van der Waals surface area contributed by atoms with E-state index in [1.807, 2.05) is 36.4 Å². The summed E-state index contributed by atoms with van der Waals surface area (Å²) >= 11 is 9.76. The van der Waals surface area contributed by atoms with Crippen LogP contribution in [-0.2, 0) is 6.54 Å². The van der Waals surface area contributed by atoms with Crippen LogP contribution in [0.15, 0.2) is 53.3 Å². The summed E-state index contributed by atoms with van der Waals surface area (Å²) in [6.07, 6.45) is 3.51. The minimum atomic E-state index is 0.588. The van der Waals surface area contributed by atoms with E-state index in [-0.39, 0.29) is 0 Å². The monoisotopic (exact) mass is 387 g/mol. The topological polar surface area (TPSA) is 55.1 Å². The highest BCUT2D eigenvalue weighted by Crippen LogP contribution is 2.29. The largest absolute Gasteiger partial charge is 0.364 e. The number of nitrogens with one attached hydrogen (secondary N) is 1. The SMILES string of the molecule is Clc1ccc(Br)c2ccc(NCc3ccnc4ccnn34)nc12. The number of hydrogen-bond donors (Lipinski definition) is 1. The predicted octanol–water partition coefficient (Wildman–Crippen LogP) is 4.31. The minimum Gasteiger partial charge on any atom is -0.364 e. The number of fused-ring (bicyclic) bond motifs is 2. The van der Waals surface area contributed by atoms with E-state index in [2.05, 4.69) is 36.3 Å². The summed E-state index contributed by atoms with van der Waals surface area (Å²) in [6, 6.07) is 11.5. The number of pyridine rings is 1. The third-order valence-electron chi connectivity index (χ3n) is 3.57. The van der Waals surface area contributed by atoms with Gasteiger partial charge in [-0.25, -0.2) is 14.5 Å². The second-order valence-electron chi connectivity index (χ2n) is 5.01. The Morgan fingerprint density at radius 1 is 1.09 bits per heavy atom. The van der Waals surface area contributed by atoms with Crippen molar-refractivity contribution >= 4 is 49.9 Å². The van der Waals surface area contributed by atoms with Gasteiger partial charge >= 0.3 is 0 Å². The molecule has 0 saturated carbocycles. The van der Waals surface area contributed by atoms with Crippen LogP contribution in [0.2, 0.25) is 5.02 Å². The lowest BCUT2D eigenvalue weighted by Gasteiger charge is -2.09. The molecule has 4 rings (SSSR count). The molecule has 0 atom stereocenters. The van der Waals surface area contributed by atoms with Gasteiger partial charge in [-0.2, -0.15) is 5.10 Å². The standard InChI is InChI=1S/C16H11BrClN5/c17-12-2-3-13(18)16-11(12)1-4-14(22-16)20-9-10-5-7-19-15-6-8-21-23(10)15/h1-8H,9H2,(H,20,22). The van der Waals surface area contributed by atoms with Gasteiger partial charge in [0.05, 0.1) is 29.0 Å². The van der Waals surface area contributed by atoms with Crippen LogP contribution in [-0.4, -0.2) is 19.6 Å². The highest BCUT2D eigenvalue weighted by molar-refractivity contribution is 9.10. The van der Waals surface area contributed by atoms with E-state index in [1.54, 1.807) is 16.9 Å². The maximum Gasteiger partial charge on any atom is 0.155 e. The van der Waals surface area contributed by atoms with E-state index in [0.717, 1.165) is 32.5 Å². The molecule has 0 aliphatic heterocycles. The first-order chi connectivity index (χ1) is 11.2. The highest BCUT2D eigenvalue weighted by atomic mass is 79.9. The Morgan fingerprint density at radius 2 is 2.00 bits per heavy atom. The van der Waals surface area contributed by atoms with Crippen molar-refractivity contribution in [3.63, 3.8) is 0 Å². The van der Waals surface area contributed by atoms with Crippen LogP contribution in [0.4, 0.5) is 5.82 Å². The van der Waals surface area contributed by atoms with Gasteiger partial charge in [-0.05, 0) is 30.3 Å². The van der Waals surface area contributed by atoms with E-state index >= 15 is 0 Å². The Labute approximate surface area is 145 Å². The summed E-state index contributed by atoms with van der Waals surface area (Å²) in [4.78, 5) is 8.85. The molecule has 0 aliphatic rings. The van der Waals surface area contributed by atoms with Gasteiger partial charge in [0, 0.05) is 22.1 Å². The molecule has 0 bridgehead atoms. The molecule has 114 valence electrons. The number of nitrogens with zero attached hydrogens (tertiary/aromatic N) is 4. The van der Waals surface area contributed by atoms with Crippen LogP contribution < -0.4 is 5.32 Å². The summed E-state index contributed by atoms with van der Waals surface area (Å²) < 4.78 is 2.78. The molecule has 23 heavy (non-hydrogen) atoms. The fourth-order valence-corrected chi connectivity index (χ4v) is 3.11. The smallest absolute Gasteiger partial charge is 0.155 e. The molecule has 3 aromatic heterocycles. The predicted molar refractivity (Wildman–Crippen MR) is 94.8 cm³/mol. The molecule has 7 heteroatoms. The number of halogens is 2. The van der Waals surface area contributed by atoms with Gasteiger partial charge in [0.2, 0.25) is 0 Å². The first kappa shape index (κ1) is 14.4. The number of benzene rings is 1. The van der Waals surface area contributed by atoms with Gasteiger partial charge in [-0.1, -0.05) is 27.5 Å². The van der Waals surface area contributed by atoms with Crippen LogP contribution in [0.25, 0.3) is 16.6 Å². The lowest BCUT2D eigenvalue weighted by molar-refractivity contribution is 0.852. The molecular formula is C16H11BrClN5. The van der Waals surface area contributed by atoms with Crippen molar-refractivity contribution in [2.45, 2.75) is 6.54 Å². The summed E-state index contributed by atoms with van der Waals surface area (Å²) in [5.74, 6) is 0.759. The molecule has 1 N–H and O–H groups in total. The van der Waals surface area contributed by atoms with Gasteiger partial charge < -0.3 is 5.32 Å². The molecule has 0 saturated heterocycles. The first-order valence-corrected chi connectivity index (χ1v) is 8.16. The van der Waals surface area contributed by atoms with E-state index in [4.69, 9.17) is 11.6 Å². The van der Waals surface area contributed by atoms with Gasteiger partial charge in [-0.3, -0.25) is 0 Å². The summed E-state index contributed by atoms with van der Waals surface area (Å²) in [6.45, 7) is 0.588. The number of anilines is 1. The molecule has 0 amide bonds. The number of rotatable bonds is 3. The zero-order valence-electron chi connectivity index (χ0n) is 11.9. The molecule has 5 nitrogen and oxygen atoms in total. The van der Waals surface area contributed by atoms with Crippen LogP contribution in [0.3, 0.4) is 0 Å². The minimum absolute atomic E-state index is 0.588. The molecule has 0 unspecified atom stereocenters. The fourth-order valence-electron chi connectivity index (χ4n) is 2.45. The first-order valence-electron chi connectivity index (χ1n) is 6.98. The van der Waals surface area contributed by atoms with Crippen LogP contribution in [0.5, 0.6) is 0 Å². The molecule has 3 heterocycles. The van der Waals surface area contributed by atoms with Gasteiger partial charge in [0.25, 0.3) is 0 Å². The van der Waals surface area contributed by atoms with E-state index < -0.39 is 0 Å². The number of aromatic nitrogens is 4. The van der Waals surface area contributed by atoms with Crippen LogP contribution >= 0.6 is 27.5 Å². The zero-order valence-corrected chi connectivity index (χ0v) is 14.2. The quantitative estimate of drug-likeness (QED) is 0.568. The van der Waals surface area contributed by atoms with Crippen LogP contribution in [0.1, 0.15) is 5.69 Å². The Kier molecular flexibility index (Phi) is 3.63. The van der Waals surface area contributed by atoms with Crippen LogP contribution in [0, 0.1) is 0 Å². The molecular weight excluding hydrogens is 378 g/mol. The van der Waals surface area contributed by atoms with Gasteiger partial charge in [0.15, 0.2) is 5.65 Å². The summed E-state index contributed by atoms with van der Waals surface area (Å²) in [5, 5.41) is 9.20. The van der Waals surface area contributed by atoms with Crippen molar-refractivity contribution in [1.29, 1.82) is 0 Å². The molecule has 0 spiro atoms. The summed E-state index contributed by atoms with van der Waals surface area (Å²) in [5.41, 5.74) is 2.59. The maximum atomic E-state index is 6.25. The Bertz CT molecular complexity index is 1010. The molecule has 0 fully saturated rings. The van der Waals surface area contributed by atoms with Crippen molar-refractivity contribution in [2.75, 3.05) is 5.32 Å². The van der Waals surface area contributed by atoms with E-state index in [9.17, 15) is 0 Å². The third-order valence-corrected chi connectivity index (χ3v) is 4.57. The molecule has 4 aromatic rings. The summed E-state index contributed by atoms with van der Waals surface area (Å²) in [7, 11) is 0. The Balaban J connectivity index is 1.65. The fraction of sp³-hybridized carbons (Fsp3) is 0.0625. The van der Waals surface area contributed by atoms with Crippen molar-refractivity contribution < 1.29 is 0 Å². The second-order valence-corrected chi connectivity index (χ2v) is 6.27. The van der Waals surface area contributed by atoms with Crippen molar-refractivity contribution in [3.8, 4) is 0 Å². The Hall–Kier alpha value is -2.18. The van der Waals surface area contributed by atoms with E-state index in [0.29, 0.717) is 11.6 Å². The average molecular weight is 389 g/mol. The lowest BCUT2D eigenvalue weighted by atomic mass is 10.2. The lowest BCUT2D eigenvalue weighted by Crippen LogP contribution is -2.07. The molecule has 0 radical (unpaired) electrons. The molecule has 0 aliphatic carbocycles. The van der Waals surface area contributed by atoms with Crippen molar-refractivity contribution in [3.05, 3.63) is 64.0 Å². The Morgan fingerprint density at radius 3 is 2.91 bits per heavy atom. The van der Waals surface area contributed by atoms with Gasteiger partial charge in [0.1, 0.15) is 5.82 Å². The van der Waals surface area contributed by atoms with Crippen molar-refractivity contribution in [2.24, 2.45) is 0 Å². The van der Waals surface area contributed by atoms with Gasteiger partial charge in [-0.15, -0.1) is 0 Å².